The van der Waals surface area contributed by atoms with Crippen LogP contribution in [0.5, 0.6) is 0 Å². The number of rotatable bonds is 2. The fourth-order valence-corrected chi connectivity index (χ4v) is 3.32. The molecule has 3 aromatic rings. The summed E-state index contributed by atoms with van der Waals surface area (Å²) < 4.78 is 15.0. The molecule has 1 nitrogen and oxygen atoms in total. The molecule has 0 unspecified atom stereocenters. The molecule has 0 radical (unpaired) electrons. The van der Waals surface area contributed by atoms with Crippen LogP contribution in [0.25, 0.3) is 21.8 Å². The Morgan fingerprint density at radius 2 is 1.90 bits per heavy atom. The van der Waals surface area contributed by atoms with E-state index in [4.69, 9.17) is 0 Å². The average Bonchev–Trinajstić information content (AvgIpc) is 2.88. The van der Waals surface area contributed by atoms with E-state index in [-0.39, 0.29) is 5.82 Å². The normalized spacial score (nSPS) is 10.8. The topological polar surface area (TPSA) is 12.9 Å². The highest BCUT2D eigenvalue weighted by Gasteiger charge is 2.12. The van der Waals surface area contributed by atoms with Gasteiger partial charge in [-0.15, -0.1) is 11.3 Å². The zero-order chi connectivity index (χ0) is 14.1. The van der Waals surface area contributed by atoms with Crippen molar-refractivity contribution < 1.29 is 4.39 Å². The van der Waals surface area contributed by atoms with Crippen molar-refractivity contribution in [1.82, 2.24) is 4.98 Å². The van der Waals surface area contributed by atoms with Crippen molar-refractivity contribution in [3.63, 3.8) is 0 Å². The van der Waals surface area contributed by atoms with Gasteiger partial charge in [0.25, 0.3) is 0 Å². The Morgan fingerprint density at radius 1 is 1.10 bits per heavy atom. The number of hydrogen-bond acceptors (Lipinski definition) is 2. The smallest absolute Gasteiger partial charge is 0.133 e. The summed E-state index contributed by atoms with van der Waals surface area (Å²) in [7, 11) is 0. The highest BCUT2D eigenvalue weighted by molar-refractivity contribution is 9.10. The monoisotopic (exact) mass is 347 g/mol. The Bertz CT molecular complexity index is 767. The first-order valence-electron chi connectivity index (χ1n) is 6.12. The van der Waals surface area contributed by atoms with Crippen molar-refractivity contribution in [2.75, 3.05) is 0 Å². The third-order valence-corrected chi connectivity index (χ3v) is 4.58. The Balaban J connectivity index is 2.04. The molecule has 0 amide bonds. The van der Waals surface area contributed by atoms with Gasteiger partial charge in [0.2, 0.25) is 0 Å². The van der Waals surface area contributed by atoms with Gasteiger partial charge in [0.15, 0.2) is 0 Å². The Kier molecular flexibility index (Phi) is 3.68. The molecule has 0 spiro atoms. The number of halogens is 2. The maximum Gasteiger partial charge on any atom is 0.133 e. The molecule has 0 aliphatic rings. The first kappa shape index (κ1) is 13.5. The SMILES string of the molecule is Cc1ccc(-c2nc(-c3ccccc3Br)cs2)c(F)c1. The van der Waals surface area contributed by atoms with Crippen LogP contribution < -0.4 is 0 Å². The summed E-state index contributed by atoms with van der Waals surface area (Å²) in [6.45, 7) is 1.88. The number of benzene rings is 2. The zero-order valence-electron chi connectivity index (χ0n) is 10.7. The lowest BCUT2D eigenvalue weighted by atomic mass is 10.1. The average molecular weight is 348 g/mol. The molecule has 0 aliphatic heterocycles. The lowest BCUT2D eigenvalue weighted by Crippen LogP contribution is -1.86. The molecule has 20 heavy (non-hydrogen) atoms. The maximum absolute atomic E-state index is 14.0. The first-order chi connectivity index (χ1) is 9.65. The fourth-order valence-electron chi connectivity index (χ4n) is 1.98. The third-order valence-electron chi connectivity index (χ3n) is 3.01. The predicted octanol–water partition coefficient (Wildman–Crippen LogP) is 5.69. The molecule has 0 saturated heterocycles. The van der Waals surface area contributed by atoms with Crippen molar-refractivity contribution in [3.05, 3.63) is 63.7 Å². The van der Waals surface area contributed by atoms with Gasteiger partial charge < -0.3 is 0 Å². The maximum atomic E-state index is 14.0. The van der Waals surface area contributed by atoms with Gasteiger partial charge in [-0.25, -0.2) is 9.37 Å². The fraction of sp³-hybridized carbons (Fsp3) is 0.0625. The second-order valence-corrected chi connectivity index (χ2v) is 6.21. The standard InChI is InChI=1S/C16H11BrFNS/c1-10-6-7-12(14(18)8-10)16-19-15(9-20-16)11-4-2-3-5-13(11)17/h2-9H,1H3. The summed E-state index contributed by atoms with van der Waals surface area (Å²) >= 11 is 4.97. The minimum absolute atomic E-state index is 0.224. The molecule has 0 bridgehead atoms. The van der Waals surface area contributed by atoms with Crippen LogP contribution in [0.1, 0.15) is 5.56 Å². The largest absolute Gasteiger partial charge is 0.236 e. The molecule has 3 rings (SSSR count). The summed E-state index contributed by atoms with van der Waals surface area (Å²) in [5.74, 6) is -0.224. The predicted molar refractivity (Wildman–Crippen MR) is 85.4 cm³/mol. The van der Waals surface area contributed by atoms with E-state index in [9.17, 15) is 4.39 Å². The highest BCUT2D eigenvalue weighted by atomic mass is 79.9. The second kappa shape index (κ2) is 5.46. The van der Waals surface area contributed by atoms with Crippen molar-refractivity contribution in [3.8, 4) is 21.8 Å². The Hall–Kier alpha value is -1.52. The Morgan fingerprint density at radius 3 is 2.65 bits per heavy atom. The van der Waals surface area contributed by atoms with Crippen LogP contribution in [0.15, 0.2) is 52.3 Å². The van der Waals surface area contributed by atoms with Gasteiger partial charge in [-0.3, -0.25) is 0 Å². The molecular formula is C16H11BrFNS. The van der Waals surface area contributed by atoms with Gasteiger partial charge in [-0.2, -0.15) is 0 Å². The number of aromatic nitrogens is 1. The van der Waals surface area contributed by atoms with Crippen molar-refractivity contribution in [2.45, 2.75) is 6.92 Å². The summed E-state index contributed by atoms with van der Waals surface area (Å²) in [6.07, 6.45) is 0. The molecule has 1 aromatic heterocycles. The van der Waals surface area contributed by atoms with Crippen LogP contribution in [0.2, 0.25) is 0 Å². The molecule has 1 heterocycles. The lowest BCUT2D eigenvalue weighted by Gasteiger charge is -2.01. The van der Waals surface area contributed by atoms with E-state index in [0.29, 0.717) is 10.6 Å². The summed E-state index contributed by atoms with van der Waals surface area (Å²) in [4.78, 5) is 4.55. The zero-order valence-corrected chi connectivity index (χ0v) is 13.1. The van der Waals surface area contributed by atoms with Crippen molar-refractivity contribution in [1.29, 1.82) is 0 Å². The van der Waals surface area contributed by atoms with Gasteiger partial charge in [0.05, 0.1) is 5.69 Å². The van der Waals surface area contributed by atoms with E-state index in [1.54, 1.807) is 6.07 Å². The number of nitrogens with zero attached hydrogens (tertiary/aromatic N) is 1. The van der Waals surface area contributed by atoms with Crippen LogP contribution in [0.3, 0.4) is 0 Å². The molecule has 4 heteroatoms. The number of aryl methyl sites for hydroxylation is 1. The minimum atomic E-state index is -0.224. The number of hydrogen-bond donors (Lipinski definition) is 0. The molecule has 0 fully saturated rings. The molecule has 0 atom stereocenters. The highest BCUT2D eigenvalue weighted by Crippen LogP contribution is 2.33. The summed E-state index contributed by atoms with van der Waals surface area (Å²) in [5.41, 5.74) is 3.34. The minimum Gasteiger partial charge on any atom is -0.236 e. The van der Waals surface area contributed by atoms with Crippen LogP contribution in [-0.4, -0.2) is 4.98 Å². The quantitative estimate of drug-likeness (QED) is 0.580. The number of thiazole rings is 1. The molecule has 0 N–H and O–H groups in total. The molecule has 2 aromatic carbocycles. The van der Waals surface area contributed by atoms with Crippen molar-refractivity contribution >= 4 is 27.3 Å². The van der Waals surface area contributed by atoms with Crippen LogP contribution in [-0.2, 0) is 0 Å². The van der Waals surface area contributed by atoms with Gasteiger partial charge in [0, 0.05) is 21.0 Å². The van der Waals surface area contributed by atoms with E-state index in [1.165, 1.54) is 17.4 Å². The van der Waals surface area contributed by atoms with Crippen LogP contribution >= 0.6 is 27.3 Å². The summed E-state index contributed by atoms with van der Waals surface area (Å²) in [6, 6.07) is 13.1. The van der Waals surface area contributed by atoms with E-state index in [2.05, 4.69) is 20.9 Å². The molecule has 100 valence electrons. The van der Waals surface area contributed by atoms with E-state index in [0.717, 1.165) is 21.3 Å². The second-order valence-electron chi connectivity index (χ2n) is 4.50. The Labute approximate surface area is 129 Å². The summed E-state index contributed by atoms with van der Waals surface area (Å²) in [5, 5.41) is 2.66. The van der Waals surface area contributed by atoms with E-state index in [1.807, 2.05) is 42.6 Å². The van der Waals surface area contributed by atoms with Crippen molar-refractivity contribution in [2.24, 2.45) is 0 Å². The van der Waals surface area contributed by atoms with E-state index >= 15 is 0 Å². The van der Waals surface area contributed by atoms with Gasteiger partial charge in [-0.1, -0.05) is 40.2 Å². The van der Waals surface area contributed by atoms with Gasteiger partial charge in [0.1, 0.15) is 10.8 Å². The molecule has 0 aliphatic carbocycles. The first-order valence-corrected chi connectivity index (χ1v) is 7.79. The van der Waals surface area contributed by atoms with E-state index < -0.39 is 0 Å². The van der Waals surface area contributed by atoms with Crippen LogP contribution in [0.4, 0.5) is 4.39 Å². The third kappa shape index (κ3) is 2.53. The lowest BCUT2D eigenvalue weighted by molar-refractivity contribution is 0.630. The van der Waals surface area contributed by atoms with Gasteiger partial charge in [-0.05, 0) is 30.7 Å². The molecule has 0 saturated carbocycles. The van der Waals surface area contributed by atoms with Gasteiger partial charge >= 0.3 is 0 Å². The van der Waals surface area contributed by atoms with Crippen LogP contribution in [0, 0.1) is 12.7 Å². The molecular weight excluding hydrogens is 337 g/mol.